The zero-order valence-corrected chi connectivity index (χ0v) is 13.0. The standard InChI is InChI=1S/C16H20N2O2S/c1-12-15(11-19)17-16(21-12)14-4-2-13(3-5-14)10-18-6-8-20-9-7-18/h2-5,19H,6-11H2,1H3. The van der Waals surface area contributed by atoms with Gasteiger partial charge in [0.05, 0.1) is 25.5 Å². The van der Waals surface area contributed by atoms with Crippen molar-refractivity contribution in [2.24, 2.45) is 0 Å². The summed E-state index contributed by atoms with van der Waals surface area (Å²) in [4.78, 5) is 7.99. The molecule has 1 aliphatic heterocycles. The van der Waals surface area contributed by atoms with Crippen LogP contribution in [0.5, 0.6) is 0 Å². The number of rotatable bonds is 4. The van der Waals surface area contributed by atoms with Gasteiger partial charge < -0.3 is 9.84 Å². The molecule has 1 aromatic carbocycles. The molecule has 21 heavy (non-hydrogen) atoms. The molecule has 1 aromatic heterocycles. The van der Waals surface area contributed by atoms with Gasteiger partial charge in [0, 0.05) is 30.1 Å². The molecular weight excluding hydrogens is 284 g/mol. The fourth-order valence-corrected chi connectivity index (χ4v) is 3.40. The Hall–Kier alpha value is -1.27. The zero-order chi connectivity index (χ0) is 14.7. The highest BCUT2D eigenvalue weighted by Gasteiger charge is 2.12. The Morgan fingerprint density at radius 3 is 2.57 bits per heavy atom. The van der Waals surface area contributed by atoms with E-state index < -0.39 is 0 Å². The molecule has 0 bridgehead atoms. The molecule has 0 amide bonds. The third kappa shape index (κ3) is 3.49. The van der Waals surface area contributed by atoms with Gasteiger partial charge in [-0.05, 0) is 12.5 Å². The number of benzene rings is 1. The number of aliphatic hydroxyl groups is 1. The number of aryl methyl sites for hydroxylation is 1. The maximum absolute atomic E-state index is 9.23. The fourth-order valence-electron chi connectivity index (χ4n) is 2.47. The van der Waals surface area contributed by atoms with Gasteiger partial charge in [-0.2, -0.15) is 0 Å². The lowest BCUT2D eigenvalue weighted by molar-refractivity contribution is 0.0342. The van der Waals surface area contributed by atoms with E-state index in [9.17, 15) is 5.11 Å². The van der Waals surface area contributed by atoms with Crippen LogP contribution in [0.4, 0.5) is 0 Å². The summed E-state index contributed by atoms with van der Waals surface area (Å²) in [5, 5.41) is 10.2. The normalized spacial score (nSPS) is 16.3. The maximum Gasteiger partial charge on any atom is 0.123 e. The van der Waals surface area contributed by atoms with E-state index in [0.29, 0.717) is 0 Å². The molecule has 1 aliphatic rings. The molecule has 0 atom stereocenters. The summed E-state index contributed by atoms with van der Waals surface area (Å²) in [6, 6.07) is 8.57. The minimum absolute atomic E-state index is 0.0114. The first kappa shape index (κ1) is 14.7. The maximum atomic E-state index is 9.23. The van der Waals surface area contributed by atoms with E-state index in [1.54, 1.807) is 11.3 Å². The lowest BCUT2D eigenvalue weighted by Gasteiger charge is -2.26. The van der Waals surface area contributed by atoms with Crippen molar-refractivity contribution in [3.05, 3.63) is 40.4 Å². The third-order valence-corrected chi connectivity index (χ3v) is 4.82. The van der Waals surface area contributed by atoms with Gasteiger partial charge in [0.15, 0.2) is 0 Å². The summed E-state index contributed by atoms with van der Waals surface area (Å²) in [7, 11) is 0. The molecule has 0 radical (unpaired) electrons. The van der Waals surface area contributed by atoms with Gasteiger partial charge in [-0.1, -0.05) is 24.3 Å². The van der Waals surface area contributed by atoms with Gasteiger partial charge in [-0.3, -0.25) is 4.90 Å². The molecule has 0 aliphatic carbocycles. The summed E-state index contributed by atoms with van der Waals surface area (Å²) in [6.45, 7) is 6.67. The predicted octanol–water partition coefficient (Wildman–Crippen LogP) is 2.44. The summed E-state index contributed by atoms with van der Waals surface area (Å²) < 4.78 is 5.37. The summed E-state index contributed by atoms with van der Waals surface area (Å²) in [6.07, 6.45) is 0. The van der Waals surface area contributed by atoms with Crippen molar-refractivity contribution in [2.45, 2.75) is 20.1 Å². The van der Waals surface area contributed by atoms with Gasteiger partial charge in [-0.15, -0.1) is 11.3 Å². The van der Waals surface area contributed by atoms with Gasteiger partial charge in [0.2, 0.25) is 0 Å². The van der Waals surface area contributed by atoms with Crippen molar-refractivity contribution in [3.8, 4) is 10.6 Å². The van der Waals surface area contributed by atoms with Crippen LogP contribution in [0.1, 0.15) is 16.1 Å². The van der Waals surface area contributed by atoms with Crippen molar-refractivity contribution in [1.29, 1.82) is 0 Å². The van der Waals surface area contributed by atoms with E-state index in [-0.39, 0.29) is 6.61 Å². The first-order valence-electron chi connectivity index (χ1n) is 7.23. The Morgan fingerprint density at radius 2 is 1.95 bits per heavy atom. The number of thiazole rings is 1. The van der Waals surface area contributed by atoms with Crippen molar-refractivity contribution in [2.75, 3.05) is 26.3 Å². The molecule has 2 aromatic rings. The fraction of sp³-hybridized carbons (Fsp3) is 0.438. The molecule has 1 saturated heterocycles. The van der Waals surface area contributed by atoms with Crippen LogP contribution < -0.4 is 0 Å². The molecule has 4 nitrogen and oxygen atoms in total. The number of morpholine rings is 1. The monoisotopic (exact) mass is 304 g/mol. The molecule has 2 heterocycles. The minimum atomic E-state index is 0.0114. The predicted molar refractivity (Wildman–Crippen MR) is 84.3 cm³/mol. The molecule has 112 valence electrons. The van der Waals surface area contributed by atoms with Crippen LogP contribution >= 0.6 is 11.3 Å². The first-order chi connectivity index (χ1) is 10.3. The number of nitrogens with zero attached hydrogens (tertiary/aromatic N) is 2. The number of hydrogen-bond acceptors (Lipinski definition) is 5. The van der Waals surface area contributed by atoms with E-state index in [1.807, 2.05) is 6.92 Å². The zero-order valence-electron chi connectivity index (χ0n) is 12.2. The summed E-state index contributed by atoms with van der Waals surface area (Å²) in [5.41, 5.74) is 3.22. The van der Waals surface area contributed by atoms with Crippen molar-refractivity contribution in [1.82, 2.24) is 9.88 Å². The lowest BCUT2D eigenvalue weighted by atomic mass is 10.1. The SMILES string of the molecule is Cc1sc(-c2ccc(CN3CCOCC3)cc2)nc1CO. The van der Waals surface area contributed by atoms with Crippen LogP contribution in [0.3, 0.4) is 0 Å². The van der Waals surface area contributed by atoms with Gasteiger partial charge >= 0.3 is 0 Å². The van der Waals surface area contributed by atoms with E-state index in [0.717, 1.165) is 54.0 Å². The second kappa shape index (κ2) is 6.66. The number of aromatic nitrogens is 1. The summed E-state index contributed by atoms with van der Waals surface area (Å²) >= 11 is 1.64. The molecule has 0 spiro atoms. The van der Waals surface area contributed by atoms with Gasteiger partial charge in [-0.25, -0.2) is 4.98 Å². The molecule has 5 heteroatoms. The number of aliphatic hydroxyl groups excluding tert-OH is 1. The molecule has 3 rings (SSSR count). The molecule has 1 N–H and O–H groups in total. The highest BCUT2D eigenvalue weighted by molar-refractivity contribution is 7.15. The van der Waals surface area contributed by atoms with Crippen LogP contribution in [0.25, 0.3) is 10.6 Å². The smallest absolute Gasteiger partial charge is 0.123 e. The second-order valence-corrected chi connectivity index (χ2v) is 6.47. The number of hydrogen-bond donors (Lipinski definition) is 1. The Balaban J connectivity index is 1.70. The Labute approximate surface area is 129 Å². The number of ether oxygens (including phenoxy) is 1. The topological polar surface area (TPSA) is 45.6 Å². The van der Waals surface area contributed by atoms with E-state index in [4.69, 9.17) is 4.74 Å². The van der Waals surface area contributed by atoms with E-state index >= 15 is 0 Å². The van der Waals surface area contributed by atoms with Crippen LogP contribution in [0.15, 0.2) is 24.3 Å². The average molecular weight is 304 g/mol. The Kier molecular flexibility index (Phi) is 4.65. The second-order valence-electron chi connectivity index (χ2n) is 5.27. The quantitative estimate of drug-likeness (QED) is 0.942. The molecule has 1 fully saturated rings. The third-order valence-electron chi connectivity index (χ3n) is 3.75. The van der Waals surface area contributed by atoms with E-state index in [2.05, 4.69) is 34.1 Å². The average Bonchev–Trinajstić information content (AvgIpc) is 2.90. The highest BCUT2D eigenvalue weighted by atomic mass is 32.1. The van der Waals surface area contributed by atoms with Crippen LogP contribution in [0.2, 0.25) is 0 Å². The van der Waals surface area contributed by atoms with Gasteiger partial charge in [0.1, 0.15) is 5.01 Å². The van der Waals surface area contributed by atoms with Gasteiger partial charge in [0.25, 0.3) is 0 Å². The Morgan fingerprint density at radius 1 is 1.24 bits per heavy atom. The van der Waals surface area contributed by atoms with Crippen molar-refractivity contribution < 1.29 is 9.84 Å². The lowest BCUT2D eigenvalue weighted by Crippen LogP contribution is -2.35. The molecular formula is C16H20N2O2S. The molecule has 0 unspecified atom stereocenters. The van der Waals surface area contributed by atoms with Crippen molar-refractivity contribution >= 4 is 11.3 Å². The van der Waals surface area contributed by atoms with Crippen LogP contribution in [-0.4, -0.2) is 41.3 Å². The highest BCUT2D eigenvalue weighted by Crippen LogP contribution is 2.28. The largest absolute Gasteiger partial charge is 0.390 e. The summed E-state index contributed by atoms with van der Waals surface area (Å²) in [5.74, 6) is 0. The Bertz CT molecular complexity index is 589. The van der Waals surface area contributed by atoms with Crippen LogP contribution in [-0.2, 0) is 17.9 Å². The van der Waals surface area contributed by atoms with Crippen LogP contribution in [0, 0.1) is 6.92 Å². The first-order valence-corrected chi connectivity index (χ1v) is 8.04. The van der Waals surface area contributed by atoms with E-state index in [1.165, 1.54) is 5.56 Å². The van der Waals surface area contributed by atoms with Crippen molar-refractivity contribution in [3.63, 3.8) is 0 Å². The minimum Gasteiger partial charge on any atom is -0.390 e. The molecule has 0 saturated carbocycles.